The molecule has 0 saturated carbocycles. The van der Waals surface area contributed by atoms with Crippen LogP contribution in [0.3, 0.4) is 0 Å². The summed E-state index contributed by atoms with van der Waals surface area (Å²) in [4.78, 5) is 0. The zero-order valence-electron chi connectivity index (χ0n) is 15.8. The Kier molecular flexibility index (Phi) is 2.35. The van der Waals surface area contributed by atoms with E-state index in [-0.39, 0.29) is 10.8 Å². The minimum absolute atomic E-state index is 0.0513. The van der Waals surface area contributed by atoms with Gasteiger partial charge in [-0.1, -0.05) is 88.4 Å². The molecule has 3 aliphatic rings. The van der Waals surface area contributed by atoms with Crippen molar-refractivity contribution in [3.63, 3.8) is 0 Å². The van der Waals surface area contributed by atoms with Crippen LogP contribution in [-0.4, -0.2) is 0 Å². The molecule has 0 unspecified atom stereocenters. The van der Waals surface area contributed by atoms with Crippen molar-refractivity contribution in [2.24, 2.45) is 0 Å². The summed E-state index contributed by atoms with van der Waals surface area (Å²) in [6.07, 6.45) is 4.64. The summed E-state index contributed by atoms with van der Waals surface area (Å²) in [5, 5.41) is 0. The van der Waals surface area contributed by atoms with E-state index in [2.05, 4.69) is 88.4 Å². The van der Waals surface area contributed by atoms with Crippen LogP contribution in [0.4, 0.5) is 0 Å². The molecule has 0 aromatic heterocycles. The van der Waals surface area contributed by atoms with E-state index in [1.807, 2.05) is 0 Å². The van der Waals surface area contributed by atoms with E-state index in [1.165, 1.54) is 55.6 Å². The minimum atomic E-state index is 0.0513. The first kappa shape index (κ1) is 14.6. The third kappa shape index (κ3) is 1.41. The van der Waals surface area contributed by atoms with E-state index in [0.29, 0.717) is 0 Å². The topological polar surface area (TPSA) is 0 Å². The van der Waals surface area contributed by atoms with Crippen LogP contribution in [0, 0.1) is 0 Å². The van der Waals surface area contributed by atoms with E-state index >= 15 is 0 Å². The molecule has 26 heavy (non-hydrogen) atoms. The second-order valence-corrected chi connectivity index (χ2v) is 9.03. The molecule has 0 spiro atoms. The molecule has 3 aliphatic carbocycles. The highest BCUT2D eigenvalue weighted by molar-refractivity contribution is 6.05. The van der Waals surface area contributed by atoms with Gasteiger partial charge >= 0.3 is 0 Å². The van der Waals surface area contributed by atoms with Gasteiger partial charge in [-0.3, -0.25) is 0 Å². The van der Waals surface area contributed by atoms with Gasteiger partial charge in [0.25, 0.3) is 0 Å². The average molecular weight is 334 g/mol. The molecule has 3 aromatic rings. The SMILES string of the molecule is CC1(C)c2cccc3c2-c2c1ccc1c2-c2c(cccc2C1(C)C)/C=C\3. The Hall–Kier alpha value is -2.60. The Labute approximate surface area is 155 Å². The maximum atomic E-state index is 2.40. The zero-order valence-corrected chi connectivity index (χ0v) is 15.8. The predicted molar refractivity (Wildman–Crippen MR) is 110 cm³/mol. The molecule has 0 fully saturated rings. The van der Waals surface area contributed by atoms with Crippen LogP contribution in [-0.2, 0) is 10.8 Å². The van der Waals surface area contributed by atoms with Crippen molar-refractivity contribution in [2.75, 3.05) is 0 Å². The molecule has 6 rings (SSSR count). The maximum absolute atomic E-state index is 2.40. The van der Waals surface area contributed by atoms with Crippen LogP contribution >= 0.6 is 0 Å². The Morgan fingerprint density at radius 3 is 1.27 bits per heavy atom. The summed E-state index contributed by atoms with van der Waals surface area (Å²) in [6.45, 7) is 9.51. The van der Waals surface area contributed by atoms with E-state index in [4.69, 9.17) is 0 Å². The van der Waals surface area contributed by atoms with Crippen molar-refractivity contribution in [2.45, 2.75) is 38.5 Å². The van der Waals surface area contributed by atoms with E-state index in [9.17, 15) is 0 Å². The lowest BCUT2D eigenvalue weighted by Crippen LogP contribution is -2.17. The van der Waals surface area contributed by atoms with Crippen molar-refractivity contribution in [1.82, 2.24) is 0 Å². The Balaban J connectivity index is 1.92. The van der Waals surface area contributed by atoms with Crippen molar-refractivity contribution in [3.8, 4) is 22.3 Å². The maximum Gasteiger partial charge on any atom is 0.0159 e. The van der Waals surface area contributed by atoms with Gasteiger partial charge in [0.05, 0.1) is 0 Å². The lowest BCUT2D eigenvalue weighted by atomic mass is 9.79. The van der Waals surface area contributed by atoms with Crippen LogP contribution in [0.2, 0.25) is 0 Å². The summed E-state index contributed by atoms with van der Waals surface area (Å²) in [5.74, 6) is 0. The molecule has 0 heteroatoms. The summed E-state index contributed by atoms with van der Waals surface area (Å²) in [6, 6.07) is 18.4. The fraction of sp³-hybridized carbons (Fsp3) is 0.231. The smallest absolute Gasteiger partial charge is 0.0159 e. The normalized spacial score (nSPS) is 19.7. The number of hydrogen-bond donors (Lipinski definition) is 0. The third-order valence-electron chi connectivity index (χ3n) is 7.03. The zero-order chi connectivity index (χ0) is 17.8. The number of hydrogen-bond acceptors (Lipinski definition) is 0. The van der Waals surface area contributed by atoms with Crippen LogP contribution < -0.4 is 0 Å². The predicted octanol–water partition coefficient (Wildman–Crippen LogP) is 6.78. The Morgan fingerprint density at radius 1 is 0.462 bits per heavy atom. The second-order valence-electron chi connectivity index (χ2n) is 9.03. The van der Waals surface area contributed by atoms with Crippen LogP contribution in [0.1, 0.15) is 61.1 Å². The van der Waals surface area contributed by atoms with Gasteiger partial charge in [-0.2, -0.15) is 0 Å². The molecule has 0 aliphatic heterocycles. The van der Waals surface area contributed by atoms with Crippen molar-refractivity contribution in [1.29, 1.82) is 0 Å². The van der Waals surface area contributed by atoms with E-state index in [1.54, 1.807) is 0 Å². The third-order valence-corrected chi connectivity index (χ3v) is 7.03. The number of rotatable bonds is 0. The van der Waals surface area contributed by atoms with Gasteiger partial charge in [-0.25, -0.2) is 0 Å². The summed E-state index contributed by atoms with van der Waals surface area (Å²) in [7, 11) is 0. The fourth-order valence-electron chi connectivity index (χ4n) is 5.65. The van der Waals surface area contributed by atoms with Crippen LogP contribution in [0.5, 0.6) is 0 Å². The highest BCUT2D eigenvalue weighted by Gasteiger charge is 2.44. The highest BCUT2D eigenvalue weighted by atomic mass is 14.5. The van der Waals surface area contributed by atoms with Crippen molar-refractivity contribution in [3.05, 3.63) is 81.9 Å². The van der Waals surface area contributed by atoms with Gasteiger partial charge in [-0.15, -0.1) is 0 Å². The Morgan fingerprint density at radius 2 is 0.846 bits per heavy atom. The summed E-state index contributed by atoms with van der Waals surface area (Å²) >= 11 is 0. The molecule has 0 heterocycles. The van der Waals surface area contributed by atoms with Crippen molar-refractivity contribution < 1.29 is 0 Å². The summed E-state index contributed by atoms with van der Waals surface area (Å²) < 4.78 is 0. The molecule has 0 amide bonds. The first-order chi connectivity index (χ1) is 12.4. The Bertz CT molecular complexity index is 1080. The molecule has 0 nitrogen and oxygen atoms in total. The molecular formula is C26H22. The lowest BCUT2D eigenvalue weighted by molar-refractivity contribution is 0.650. The highest BCUT2D eigenvalue weighted by Crippen LogP contribution is 2.61. The minimum Gasteiger partial charge on any atom is -0.0613 e. The standard InChI is InChI=1S/C26H22/c1-25(2)17-9-5-7-15-11-12-16-8-6-10-18-22(16)24-20(26(18,3)4)14-13-19(25)23(24)21(15)17/h5-14H,1-4H3/b12-11-,15-11?,16-12?. The second kappa shape index (κ2) is 4.20. The van der Waals surface area contributed by atoms with E-state index in [0.717, 1.165) is 0 Å². The number of benzene rings is 3. The van der Waals surface area contributed by atoms with Crippen molar-refractivity contribution >= 4 is 12.2 Å². The van der Waals surface area contributed by atoms with Crippen LogP contribution in [0.15, 0.2) is 48.5 Å². The lowest BCUT2D eigenvalue weighted by Gasteiger charge is -2.24. The molecule has 0 N–H and O–H groups in total. The first-order valence-corrected chi connectivity index (χ1v) is 9.56. The molecule has 0 bridgehead atoms. The van der Waals surface area contributed by atoms with Gasteiger partial charge in [0.2, 0.25) is 0 Å². The average Bonchev–Trinajstić information content (AvgIpc) is 2.99. The van der Waals surface area contributed by atoms with Gasteiger partial charge in [0.15, 0.2) is 0 Å². The van der Waals surface area contributed by atoms with E-state index < -0.39 is 0 Å². The molecule has 0 saturated heterocycles. The van der Waals surface area contributed by atoms with Gasteiger partial charge in [0, 0.05) is 10.8 Å². The van der Waals surface area contributed by atoms with Gasteiger partial charge < -0.3 is 0 Å². The molecule has 126 valence electrons. The van der Waals surface area contributed by atoms with Gasteiger partial charge in [-0.05, 0) is 55.6 Å². The summed E-state index contributed by atoms with van der Waals surface area (Å²) in [5.41, 5.74) is 14.6. The largest absolute Gasteiger partial charge is 0.0613 e. The fourth-order valence-corrected chi connectivity index (χ4v) is 5.65. The first-order valence-electron chi connectivity index (χ1n) is 9.56. The molecular weight excluding hydrogens is 312 g/mol. The van der Waals surface area contributed by atoms with Gasteiger partial charge in [0.1, 0.15) is 0 Å². The van der Waals surface area contributed by atoms with Crippen LogP contribution in [0.25, 0.3) is 34.4 Å². The molecule has 0 atom stereocenters. The molecule has 3 aromatic carbocycles. The monoisotopic (exact) mass is 334 g/mol. The quantitative estimate of drug-likeness (QED) is 0.332. The molecule has 0 radical (unpaired) electrons.